The molecule has 1 aliphatic rings. The highest BCUT2D eigenvalue weighted by atomic mass is 35.5. The molecular weight excluding hydrogens is 494 g/mol. The van der Waals surface area contributed by atoms with Crippen LogP contribution in [0.1, 0.15) is 44.7 Å². The van der Waals surface area contributed by atoms with Crippen molar-refractivity contribution in [1.29, 1.82) is 0 Å². The normalized spacial score (nSPS) is 16.1. The SMILES string of the molecule is Cc1cc(C2(CNS(=O)(=O)c3ccccc3[N+](=O)[O-])CCN(C(=O)OC(C)(C)C)CC2)ccc1Cl. The molecule has 0 aromatic heterocycles. The van der Waals surface area contributed by atoms with Crippen LogP contribution in [0, 0.1) is 17.0 Å². The van der Waals surface area contributed by atoms with Gasteiger partial charge in [-0.2, -0.15) is 0 Å². The number of carbonyl (C=O) groups excluding carboxylic acids is 1. The number of sulfonamides is 1. The van der Waals surface area contributed by atoms with Crippen LogP contribution in [0.5, 0.6) is 0 Å². The van der Waals surface area contributed by atoms with E-state index in [1.807, 2.05) is 19.1 Å². The molecule has 0 radical (unpaired) electrons. The minimum absolute atomic E-state index is 0.00458. The van der Waals surface area contributed by atoms with Gasteiger partial charge in [-0.15, -0.1) is 0 Å². The average molecular weight is 524 g/mol. The van der Waals surface area contributed by atoms with E-state index < -0.39 is 42.6 Å². The Balaban J connectivity index is 1.89. The molecule has 9 nitrogen and oxygen atoms in total. The molecule has 0 saturated carbocycles. The first-order chi connectivity index (χ1) is 16.2. The summed E-state index contributed by atoms with van der Waals surface area (Å²) in [4.78, 5) is 24.5. The van der Waals surface area contributed by atoms with Crippen LogP contribution in [0.15, 0.2) is 47.4 Å². The van der Waals surface area contributed by atoms with E-state index in [0.29, 0.717) is 31.0 Å². The number of amides is 1. The summed E-state index contributed by atoms with van der Waals surface area (Å²) in [5, 5.41) is 12.0. The molecule has 0 aliphatic carbocycles. The van der Waals surface area contributed by atoms with E-state index in [1.54, 1.807) is 31.7 Å². The summed E-state index contributed by atoms with van der Waals surface area (Å²) in [7, 11) is -4.18. The fourth-order valence-corrected chi connectivity index (χ4v) is 5.55. The standard InChI is InChI=1S/C24H30ClN3O6S/c1-17-15-18(9-10-19(17)25)24(11-13-27(14-12-24)22(29)34-23(2,3)4)16-26-35(32,33)21-8-6-5-7-20(21)28(30)31/h5-10,15,26H,11-14,16H2,1-4H3. The van der Waals surface area contributed by atoms with E-state index in [9.17, 15) is 23.3 Å². The van der Waals surface area contributed by atoms with Crippen molar-refractivity contribution in [2.45, 2.75) is 56.4 Å². The molecule has 0 bridgehead atoms. The number of aryl methyl sites for hydroxylation is 1. The smallest absolute Gasteiger partial charge is 0.410 e. The molecule has 0 atom stereocenters. The van der Waals surface area contributed by atoms with Crippen LogP contribution in [0.25, 0.3) is 0 Å². The van der Waals surface area contributed by atoms with Crippen molar-refractivity contribution in [1.82, 2.24) is 9.62 Å². The maximum atomic E-state index is 13.1. The Labute approximate surface area is 210 Å². The summed E-state index contributed by atoms with van der Waals surface area (Å²) < 4.78 is 34.3. The van der Waals surface area contributed by atoms with Gasteiger partial charge in [-0.3, -0.25) is 10.1 Å². The van der Waals surface area contributed by atoms with Crippen molar-refractivity contribution in [3.63, 3.8) is 0 Å². The van der Waals surface area contributed by atoms with Gasteiger partial charge in [0.15, 0.2) is 4.90 Å². The Bertz CT molecular complexity index is 1220. The lowest BCUT2D eigenvalue weighted by Gasteiger charge is -2.42. The number of hydrogen-bond donors (Lipinski definition) is 1. The maximum Gasteiger partial charge on any atom is 0.410 e. The van der Waals surface area contributed by atoms with Crippen LogP contribution in [0.3, 0.4) is 0 Å². The number of piperidine rings is 1. The van der Waals surface area contributed by atoms with Crippen LogP contribution in [0.2, 0.25) is 5.02 Å². The molecule has 35 heavy (non-hydrogen) atoms. The summed E-state index contributed by atoms with van der Waals surface area (Å²) >= 11 is 6.22. The first kappa shape index (κ1) is 26.9. The Morgan fingerprint density at radius 1 is 1.20 bits per heavy atom. The molecule has 1 fully saturated rings. The van der Waals surface area contributed by atoms with Crippen molar-refractivity contribution in [2.75, 3.05) is 19.6 Å². The lowest BCUT2D eigenvalue weighted by molar-refractivity contribution is -0.387. The predicted octanol–water partition coefficient (Wildman–Crippen LogP) is 4.80. The number of nitro benzene ring substituents is 1. The van der Waals surface area contributed by atoms with Crippen LogP contribution >= 0.6 is 11.6 Å². The van der Waals surface area contributed by atoms with Crippen molar-refractivity contribution in [3.05, 3.63) is 68.7 Å². The van der Waals surface area contributed by atoms with Crippen LogP contribution < -0.4 is 4.72 Å². The summed E-state index contributed by atoms with van der Waals surface area (Å²) in [5.41, 5.74) is -0.0343. The topological polar surface area (TPSA) is 119 Å². The largest absolute Gasteiger partial charge is 0.444 e. The van der Waals surface area contributed by atoms with E-state index >= 15 is 0 Å². The van der Waals surface area contributed by atoms with Gasteiger partial charge in [-0.25, -0.2) is 17.9 Å². The first-order valence-electron chi connectivity index (χ1n) is 11.2. The molecule has 1 saturated heterocycles. The molecular formula is C24H30ClN3O6S. The molecule has 190 valence electrons. The van der Waals surface area contributed by atoms with Gasteiger partial charge in [0.25, 0.3) is 5.69 Å². The lowest BCUT2D eigenvalue weighted by atomic mass is 9.72. The predicted molar refractivity (Wildman–Crippen MR) is 133 cm³/mol. The zero-order chi connectivity index (χ0) is 26.0. The lowest BCUT2D eigenvalue weighted by Crippen LogP contribution is -2.51. The number of nitro groups is 1. The minimum Gasteiger partial charge on any atom is -0.444 e. The summed E-state index contributed by atoms with van der Waals surface area (Å²) in [6, 6.07) is 10.8. The molecule has 0 unspecified atom stereocenters. The summed E-state index contributed by atoms with van der Waals surface area (Å²) in [5.74, 6) is 0. The summed E-state index contributed by atoms with van der Waals surface area (Å²) in [6.07, 6.45) is 0.512. The minimum atomic E-state index is -4.18. The van der Waals surface area contributed by atoms with E-state index in [4.69, 9.17) is 16.3 Å². The highest BCUT2D eigenvalue weighted by Gasteiger charge is 2.40. The highest BCUT2D eigenvalue weighted by molar-refractivity contribution is 7.89. The van der Waals surface area contributed by atoms with Crippen molar-refractivity contribution in [2.24, 2.45) is 0 Å². The van der Waals surface area contributed by atoms with Crippen molar-refractivity contribution < 1.29 is 22.9 Å². The van der Waals surface area contributed by atoms with Gasteiger partial charge in [0.05, 0.1) is 4.92 Å². The van der Waals surface area contributed by atoms with Crippen LogP contribution in [-0.2, 0) is 20.2 Å². The molecule has 3 rings (SSSR count). The second kappa shape index (κ2) is 10.1. The summed E-state index contributed by atoms with van der Waals surface area (Å²) in [6.45, 7) is 8.00. The number of nitrogens with one attached hydrogen (secondary N) is 1. The van der Waals surface area contributed by atoms with E-state index in [-0.39, 0.29) is 6.54 Å². The fourth-order valence-electron chi connectivity index (χ4n) is 4.13. The van der Waals surface area contributed by atoms with Gasteiger partial charge in [0.1, 0.15) is 5.60 Å². The van der Waals surface area contributed by atoms with Gasteiger partial charge < -0.3 is 9.64 Å². The average Bonchev–Trinajstić information content (AvgIpc) is 2.78. The molecule has 0 spiro atoms. The number of carbonyl (C=O) groups is 1. The Morgan fingerprint density at radius 3 is 2.40 bits per heavy atom. The van der Waals surface area contributed by atoms with E-state index in [0.717, 1.165) is 17.2 Å². The quantitative estimate of drug-likeness (QED) is 0.429. The van der Waals surface area contributed by atoms with Gasteiger partial charge in [-0.1, -0.05) is 35.9 Å². The zero-order valence-electron chi connectivity index (χ0n) is 20.2. The molecule has 1 aliphatic heterocycles. The molecule has 2 aromatic carbocycles. The van der Waals surface area contributed by atoms with Crippen LogP contribution in [0.4, 0.5) is 10.5 Å². The van der Waals surface area contributed by atoms with Gasteiger partial charge in [0, 0.05) is 36.1 Å². The van der Waals surface area contributed by atoms with Crippen molar-refractivity contribution in [3.8, 4) is 0 Å². The molecule has 1 heterocycles. The molecule has 1 amide bonds. The number of ether oxygens (including phenoxy) is 1. The van der Waals surface area contributed by atoms with Gasteiger partial charge >= 0.3 is 6.09 Å². The van der Waals surface area contributed by atoms with Crippen LogP contribution in [-0.4, -0.2) is 49.6 Å². The number of likely N-dealkylation sites (tertiary alicyclic amines) is 1. The Hall–Kier alpha value is -2.69. The monoisotopic (exact) mass is 523 g/mol. The second-order valence-electron chi connectivity index (χ2n) is 9.76. The van der Waals surface area contributed by atoms with E-state index in [1.165, 1.54) is 18.2 Å². The first-order valence-corrected chi connectivity index (χ1v) is 13.1. The van der Waals surface area contributed by atoms with Crippen molar-refractivity contribution >= 4 is 33.4 Å². The zero-order valence-corrected chi connectivity index (χ0v) is 21.8. The second-order valence-corrected chi connectivity index (χ2v) is 11.9. The third-order valence-electron chi connectivity index (χ3n) is 6.09. The highest BCUT2D eigenvalue weighted by Crippen LogP contribution is 2.37. The number of benzene rings is 2. The number of rotatable bonds is 6. The third kappa shape index (κ3) is 6.31. The number of halogens is 1. The number of nitrogens with zero attached hydrogens (tertiary/aromatic N) is 2. The third-order valence-corrected chi connectivity index (χ3v) is 7.97. The Kier molecular flexibility index (Phi) is 7.78. The van der Waals surface area contributed by atoms with Gasteiger partial charge in [-0.05, 0) is 63.8 Å². The van der Waals surface area contributed by atoms with Gasteiger partial charge in [0.2, 0.25) is 10.0 Å². The molecule has 2 aromatic rings. The number of para-hydroxylation sites is 1. The van der Waals surface area contributed by atoms with E-state index in [2.05, 4.69) is 4.72 Å². The maximum absolute atomic E-state index is 13.1. The molecule has 11 heteroatoms. The molecule has 1 N–H and O–H groups in total. The Morgan fingerprint density at radius 2 is 1.83 bits per heavy atom. The number of hydrogen-bond acceptors (Lipinski definition) is 6. The fraction of sp³-hybridized carbons (Fsp3) is 0.458.